The van der Waals surface area contributed by atoms with Crippen molar-refractivity contribution in [2.24, 2.45) is 0 Å². The van der Waals surface area contributed by atoms with Gasteiger partial charge in [-0.3, -0.25) is 0 Å². The Labute approximate surface area is 248 Å². The minimum Gasteiger partial charge on any atom is -0.335 e. The Morgan fingerprint density at radius 3 is 1.83 bits per heavy atom. The van der Waals surface area contributed by atoms with E-state index in [0.29, 0.717) is 0 Å². The molecular formula is C40H34N2. The fourth-order valence-electron chi connectivity index (χ4n) is 6.23. The Bertz CT molecular complexity index is 2010. The molecule has 0 saturated heterocycles. The summed E-state index contributed by atoms with van der Waals surface area (Å²) in [6, 6.07) is 54.6. The summed E-state index contributed by atoms with van der Waals surface area (Å²) in [5.41, 5.74) is 10.7. The van der Waals surface area contributed by atoms with Gasteiger partial charge >= 0.3 is 0 Å². The molecule has 0 radical (unpaired) electrons. The van der Waals surface area contributed by atoms with Gasteiger partial charge in [0.2, 0.25) is 0 Å². The Morgan fingerprint density at radius 1 is 0.452 bits per heavy atom. The number of rotatable bonds is 5. The number of anilines is 3. The van der Waals surface area contributed by atoms with Gasteiger partial charge in [0.1, 0.15) is 0 Å². The topological polar surface area (TPSA) is 8.17 Å². The van der Waals surface area contributed by atoms with Gasteiger partial charge in [0, 0.05) is 44.3 Å². The van der Waals surface area contributed by atoms with Crippen LogP contribution in [0.4, 0.5) is 17.1 Å². The Balaban J connectivity index is 1.40. The number of para-hydroxylation sites is 3. The van der Waals surface area contributed by atoms with Crippen LogP contribution < -0.4 is 4.90 Å². The zero-order chi connectivity index (χ0) is 28.7. The van der Waals surface area contributed by atoms with Crippen LogP contribution in [0.3, 0.4) is 0 Å². The molecule has 0 unspecified atom stereocenters. The van der Waals surface area contributed by atoms with Crippen molar-refractivity contribution in [3.8, 4) is 22.3 Å². The van der Waals surface area contributed by atoms with Crippen LogP contribution in [-0.2, 0) is 5.54 Å². The number of aromatic nitrogens is 1. The molecule has 7 aromatic rings. The Morgan fingerprint density at radius 2 is 1.05 bits per heavy atom. The van der Waals surface area contributed by atoms with Crippen molar-refractivity contribution in [2.45, 2.75) is 26.3 Å². The lowest BCUT2D eigenvalue weighted by Gasteiger charge is -2.28. The van der Waals surface area contributed by atoms with E-state index in [-0.39, 0.29) is 5.54 Å². The molecule has 1 heterocycles. The van der Waals surface area contributed by atoms with Crippen molar-refractivity contribution < 1.29 is 0 Å². The molecule has 204 valence electrons. The maximum absolute atomic E-state index is 2.47. The molecular weight excluding hydrogens is 508 g/mol. The second-order valence-electron chi connectivity index (χ2n) is 11.9. The molecule has 0 spiro atoms. The van der Waals surface area contributed by atoms with Crippen LogP contribution >= 0.6 is 0 Å². The summed E-state index contributed by atoms with van der Waals surface area (Å²) in [4.78, 5) is 2.37. The number of hydrogen-bond acceptors (Lipinski definition) is 1. The minimum atomic E-state index is -0.0227. The fraction of sp³-hybridized carbons (Fsp3) is 0.100. The van der Waals surface area contributed by atoms with Crippen LogP contribution in [0.25, 0.3) is 44.1 Å². The van der Waals surface area contributed by atoms with Gasteiger partial charge in [-0.05, 0) is 86.0 Å². The van der Waals surface area contributed by atoms with Crippen LogP contribution in [-0.4, -0.2) is 4.57 Å². The van der Waals surface area contributed by atoms with E-state index in [4.69, 9.17) is 0 Å². The van der Waals surface area contributed by atoms with Crippen LogP contribution in [0.15, 0.2) is 152 Å². The molecule has 7 rings (SSSR count). The Kier molecular flexibility index (Phi) is 6.40. The summed E-state index contributed by atoms with van der Waals surface area (Å²) in [6.07, 6.45) is 0. The van der Waals surface area contributed by atoms with Crippen molar-refractivity contribution in [1.29, 1.82) is 0 Å². The maximum atomic E-state index is 2.47. The number of nitrogens with zero attached hydrogens (tertiary/aromatic N) is 2. The molecule has 0 atom stereocenters. The van der Waals surface area contributed by atoms with Crippen LogP contribution in [0.5, 0.6) is 0 Å². The van der Waals surface area contributed by atoms with Crippen molar-refractivity contribution in [2.75, 3.05) is 4.90 Å². The normalized spacial score (nSPS) is 11.7. The first-order chi connectivity index (χ1) is 20.5. The quantitative estimate of drug-likeness (QED) is 0.210. The maximum Gasteiger partial charge on any atom is 0.0540 e. The molecule has 2 heteroatoms. The highest BCUT2D eigenvalue weighted by Gasteiger charge is 2.21. The lowest BCUT2D eigenvalue weighted by molar-refractivity contribution is 0.423. The zero-order valence-corrected chi connectivity index (χ0v) is 24.3. The molecule has 0 aliphatic rings. The zero-order valence-electron chi connectivity index (χ0n) is 24.3. The van der Waals surface area contributed by atoms with Crippen LogP contribution in [0, 0.1) is 0 Å². The van der Waals surface area contributed by atoms with E-state index < -0.39 is 0 Å². The molecule has 0 fully saturated rings. The van der Waals surface area contributed by atoms with Gasteiger partial charge in [0.25, 0.3) is 0 Å². The van der Waals surface area contributed by atoms with Crippen LogP contribution in [0.2, 0.25) is 0 Å². The van der Waals surface area contributed by atoms with E-state index in [9.17, 15) is 0 Å². The summed E-state index contributed by atoms with van der Waals surface area (Å²) in [5.74, 6) is 0. The molecule has 0 bridgehead atoms. The molecule has 1 aromatic heterocycles. The van der Waals surface area contributed by atoms with E-state index in [1.165, 1.54) is 44.1 Å². The summed E-state index contributed by atoms with van der Waals surface area (Å²) in [6.45, 7) is 6.84. The highest BCUT2D eigenvalue weighted by atomic mass is 15.1. The van der Waals surface area contributed by atoms with Gasteiger partial charge in [-0.2, -0.15) is 0 Å². The number of hydrogen-bond donors (Lipinski definition) is 0. The first-order valence-electron chi connectivity index (χ1n) is 14.6. The summed E-state index contributed by atoms with van der Waals surface area (Å²) in [5, 5.41) is 2.58. The highest BCUT2D eigenvalue weighted by Crippen LogP contribution is 2.42. The molecule has 6 aromatic carbocycles. The summed E-state index contributed by atoms with van der Waals surface area (Å²) >= 11 is 0. The van der Waals surface area contributed by atoms with Gasteiger partial charge in [-0.25, -0.2) is 0 Å². The van der Waals surface area contributed by atoms with Crippen molar-refractivity contribution in [1.82, 2.24) is 4.57 Å². The standard InChI is InChI=1S/C40H34N2/c1-40(2,3)42-38-24-13-11-22-35(38)36-28-31(25-26-39(36)42)30-17-14-20-33(27-30)41(32-18-8-5-9-19-32)37-23-12-10-21-34(37)29-15-6-4-7-16-29/h4-28H,1-3H3. The number of benzene rings is 6. The van der Waals surface area contributed by atoms with E-state index >= 15 is 0 Å². The number of fused-ring (bicyclic) bond motifs is 3. The van der Waals surface area contributed by atoms with Crippen molar-refractivity contribution in [3.05, 3.63) is 152 Å². The fourth-order valence-corrected chi connectivity index (χ4v) is 6.23. The molecule has 0 aliphatic carbocycles. The van der Waals surface area contributed by atoms with Crippen LogP contribution in [0.1, 0.15) is 20.8 Å². The predicted octanol–water partition coefficient (Wildman–Crippen LogP) is 11.4. The largest absolute Gasteiger partial charge is 0.335 e. The van der Waals surface area contributed by atoms with Gasteiger partial charge in [0.05, 0.1) is 5.69 Å². The van der Waals surface area contributed by atoms with E-state index in [1.807, 2.05) is 0 Å². The second-order valence-corrected chi connectivity index (χ2v) is 11.9. The highest BCUT2D eigenvalue weighted by molar-refractivity contribution is 6.09. The first kappa shape index (κ1) is 25.9. The molecule has 0 aliphatic heterocycles. The smallest absolute Gasteiger partial charge is 0.0540 e. The SMILES string of the molecule is CC(C)(C)n1c2ccccc2c2cc(-c3cccc(N(c4ccccc4)c4ccccc4-c4ccccc4)c3)ccc21. The summed E-state index contributed by atoms with van der Waals surface area (Å²) in [7, 11) is 0. The summed E-state index contributed by atoms with van der Waals surface area (Å²) < 4.78 is 2.47. The van der Waals surface area contributed by atoms with Crippen molar-refractivity contribution >= 4 is 38.9 Å². The lowest BCUT2D eigenvalue weighted by atomic mass is 10.00. The molecule has 2 nitrogen and oxygen atoms in total. The molecule has 0 amide bonds. The third-order valence-corrected chi connectivity index (χ3v) is 8.03. The molecule has 42 heavy (non-hydrogen) atoms. The van der Waals surface area contributed by atoms with Gasteiger partial charge in [-0.15, -0.1) is 0 Å². The third kappa shape index (κ3) is 4.55. The monoisotopic (exact) mass is 542 g/mol. The first-order valence-corrected chi connectivity index (χ1v) is 14.6. The van der Waals surface area contributed by atoms with E-state index in [0.717, 1.165) is 17.1 Å². The predicted molar refractivity (Wildman–Crippen MR) is 180 cm³/mol. The lowest BCUT2D eigenvalue weighted by Crippen LogP contribution is -2.21. The molecule has 0 saturated carbocycles. The Hall–Kier alpha value is -5.08. The third-order valence-electron chi connectivity index (χ3n) is 8.03. The van der Waals surface area contributed by atoms with Crippen molar-refractivity contribution in [3.63, 3.8) is 0 Å². The van der Waals surface area contributed by atoms with Gasteiger partial charge in [-0.1, -0.05) is 103 Å². The van der Waals surface area contributed by atoms with Gasteiger partial charge in [0.15, 0.2) is 0 Å². The van der Waals surface area contributed by atoms with Gasteiger partial charge < -0.3 is 9.47 Å². The average Bonchev–Trinajstić information content (AvgIpc) is 3.37. The average molecular weight is 543 g/mol. The van der Waals surface area contributed by atoms with E-state index in [2.05, 4.69) is 182 Å². The van der Waals surface area contributed by atoms with E-state index in [1.54, 1.807) is 0 Å². The second kappa shape index (κ2) is 10.4. The molecule has 0 N–H and O–H groups in total. The minimum absolute atomic E-state index is 0.0227.